The highest BCUT2D eigenvalue weighted by Crippen LogP contribution is 2.34. The third-order valence-corrected chi connectivity index (χ3v) is 5.48. The highest BCUT2D eigenvalue weighted by Gasteiger charge is 2.17. The van der Waals surface area contributed by atoms with Crippen molar-refractivity contribution in [2.45, 2.75) is 18.4 Å². The Morgan fingerprint density at radius 1 is 1.39 bits per heavy atom. The number of nitrogen functional groups attached to an aromatic ring is 1. The number of nitrogens with zero attached hydrogens (tertiary/aromatic N) is 1. The number of nitrogens with one attached hydrogen (secondary N) is 1. The second-order valence-electron chi connectivity index (χ2n) is 5.21. The molecule has 4 nitrogen and oxygen atoms in total. The zero-order valence-electron chi connectivity index (χ0n) is 12.9. The molecule has 0 aliphatic heterocycles. The van der Waals surface area contributed by atoms with E-state index in [1.165, 1.54) is 16.2 Å². The Morgan fingerprint density at radius 3 is 2.96 bits per heavy atom. The van der Waals surface area contributed by atoms with Gasteiger partial charge in [0.1, 0.15) is 4.88 Å². The van der Waals surface area contributed by atoms with Gasteiger partial charge in [-0.3, -0.25) is 9.78 Å². The SMILES string of the molecule is CSc1cccc(CNC(=O)c2sc3cncc(C)c3c2N)c1. The third kappa shape index (κ3) is 3.18. The van der Waals surface area contributed by atoms with Crippen molar-refractivity contribution in [3.8, 4) is 0 Å². The summed E-state index contributed by atoms with van der Waals surface area (Å²) in [4.78, 5) is 18.4. The monoisotopic (exact) mass is 343 g/mol. The number of thiophene rings is 1. The summed E-state index contributed by atoms with van der Waals surface area (Å²) in [6.07, 6.45) is 5.55. The van der Waals surface area contributed by atoms with Crippen molar-refractivity contribution in [2.75, 3.05) is 12.0 Å². The fourth-order valence-electron chi connectivity index (χ4n) is 2.45. The first-order valence-corrected chi connectivity index (χ1v) is 9.18. The molecule has 0 bridgehead atoms. The van der Waals surface area contributed by atoms with E-state index in [9.17, 15) is 4.79 Å². The molecule has 0 saturated carbocycles. The minimum atomic E-state index is -0.141. The molecule has 6 heteroatoms. The van der Waals surface area contributed by atoms with E-state index >= 15 is 0 Å². The Hall–Kier alpha value is -2.05. The van der Waals surface area contributed by atoms with Gasteiger partial charge in [0, 0.05) is 29.2 Å². The van der Waals surface area contributed by atoms with Crippen LogP contribution < -0.4 is 11.1 Å². The molecule has 0 radical (unpaired) electrons. The number of carbonyl (C=O) groups is 1. The molecule has 3 aromatic rings. The van der Waals surface area contributed by atoms with Crippen LogP contribution in [0, 0.1) is 6.92 Å². The van der Waals surface area contributed by atoms with Crippen LogP contribution in [-0.2, 0) is 6.54 Å². The fraction of sp³-hybridized carbons (Fsp3) is 0.176. The number of hydrogen-bond acceptors (Lipinski definition) is 5. The lowest BCUT2D eigenvalue weighted by Crippen LogP contribution is -2.22. The van der Waals surface area contributed by atoms with Crippen molar-refractivity contribution in [2.24, 2.45) is 0 Å². The number of aryl methyl sites for hydroxylation is 1. The number of hydrogen-bond donors (Lipinski definition) is 2. The van der Waals surface area contributed by atoms with Gasteiger partial charge in [-0.15, -0.1) is 23.1 Å². The molecule has 0 saturated heterocycles. The number of benzene rings is 1. The van der Waals surface area contributed by atoms with Gasteiger partial charge in [-0.05, 0) is 36.4 Å². The number of pyridine rings is 1. The maximum absolute atomic E-state index is 12.5. The van der Waals surface area contributed by atoms with Crippen molar-refractivity contribution in [1.82, 2.24) is 10.3 Å². The Labute approximate surface area is 143 Å². The number of rotatable bonds is 4. The zero-order chi connectivity index (χ0) is 16.4. The minimum absolute atomic E-state index is 0.141. The highest BCUT2D eigenvalue weighted by molar-refractivity contribution is 7.98. The zero-order valence-corrected chi connectivity index (χ0v) is 14.6. The smallest absolute Gasteiger partial charge is 0.263 e. The molecule has 0 aliphatic carbocycles. The summed E-state index contributed by atoms with van der Waals surface area (Å²) in [7, 11) is 0. The van der Waals surface area contributed by atoms with Crippen molar-refractivity contribution in [1.29, 1.82) is 0 Å². The van der Waals surface area contributed by atoms with Crippen LogP contribution in [0.25, 0.3) is 10.1 Å². The summed E-state index contributed by atoms with van der Waals surface area (Å²) in [6.45, 7) is 2.44. The Balaban J connectivity index is 1.81. The summed E-state index contributed by atoms with van der Waals surface area (Å²) in [5, 5.41) is 3.88. The molecule has 118 valence electrons. The van der Waals surface area contributed by atoms with E-state index < -0.39 is 0 Å². The van der Waals surface area contributed by atoms with Crippen LogP contribution in [0.1, 0.15) is 20.8 Å². The van der Waals surface area contributed by atoms with Crippen LogP contribution in [0.3, 0.4) is 0 Å². The number of amides is 1. The number of nitrogens with two attached hydrogens (primary N) is 1. The van der Waals surface area contributed by atoms with Crippen LogP contribution in [0.4, 0.5) is 5.69 Å². The van der Waals surface area contributed by atoms with Gasteiger partial charge in [-0.25, -0.2) is 0 Å². The molecule has 2 aromatic heterocycles. The summed E-state index contributed by atoms with van der Waals surface area (Å²) >= 11 is 3.07. The first kappa shape index (κ1) is 15.8. The molecule has 23 heavy (non-hydrogen) atoms. The predicted octanol–water partition coefficient (Wildman–Crippen LogP) is 3.84. The molecule has 1 amide bonds. The highest BCUT2D eigenvalue weighted by atomic mass is 32.2. The molecule has 3 rings (SSSR count). The molecular weight excluding hydrogens is 326 g/mol. The van der Waals surface area contributed by atoms with Crippen LogP contribution in [0.2, 0.25) is 0 Å². The summed E-state index contributed by atoms with van der Waals surface area (Å²) in [5.74, 6) is -0.141. The normalized spacial score (nSPS) is 10.9. The first-order chi connectivity index (χ1) is 11.1. The quantitative estimate of drug-likeness (QED) is 0.706. The van der Waals surface area contributed by atoms with Crippen molar-refractivity contribution in [3.63, 3.8) is 0 Å². The molecular formula is C17H17N3OS2. The van der Waals surface area contributed by atoms with Gasteiger partial charge in [-0.2, -0.15) is 0 Å². The number of anilines is 1. The average Bonchev–Trinajstić information content (AvgIpc) is 2.91. The predicted molar refractivity (Wildman–Crippen MR) is 98.2 cm³/mol. The largest absolute Gasteiger partial charge is 0.397 e. The van der Waals surface area contributed by atoms with Gasteiger partial charge < -0.3 is 11.1 Å². The van der Waals surface area contributed by atoms with E-state index in [-0.39, 0.29) is 5.91 Å². The van der Waals surface area contributed by atoms with Gasteiger partial charge >= 0.3 is 0 Å². The standard InChI is InChI=1S/C17H17N3OS2/c1-10-7-19-9-13-14(10)15(18)16(23-13)17(21)20-8-11-4-3-5-12(6-11)22-2/h3-7,9H,8,18H2,1-2H3,(H,20,21). The van der Waals surface area contributed by atoms with Crippen LogP contribution in [0.5, 0.6) is 0 Å². The molecule has 1 aromatic carbocycles. The van der Waals surface area contributed by atoms with Gasteiger partial charge in [0.15, 0.2) is 0 Å². The van der Waals surface area contributed by atoms with Crippen LogP contribution in [0.15, 0.2) is 41.6 Å². The van der Waals surface area contributed by atoms with Gasteiger partial charge in [0.2, 0.25) is 0 Å². The molecule has 0 atom stereocenters. The van der Waals surface area contributed by atoms with Gasteiger partial charge in [0.05, 0.1) is 10.4 Å². The van der Waals surface area contributed by atoms with E-state index in [1.54, 1.807) is 24.2 Å². The van der Waals surface area contributed by atoms with Crippen LogP contribution >= 0.6 is 23.1 Å². The van der Waals surface area contributed by atoms with Gasteiger partial charge in [-0.1, -0.05) is 12.1 Å². The Bertz CT molecular complexity index is 873. The summed E-state index contributed by atoms with van der Waals surface area (Å²) in [6, 6.07) is 8.13. The van der Waals surface area contributed by atoms with E-state index in [2.05, 4.69) is 22.4 Å². The second kappa shape index (κ2) is 6.60. The molecule has 0 unspecified atom stereocenters. The van der Waals surface area contributed by atoms with Crippen molar-refractivity contribution >= 4 is 44.8 Å². The van der Waals surface area contributed by atoms with Crippen molar-refractivity contribution in [3.05, 3.63) is 52.7 Å². The Morgan fingerprint density at radius 2 is 2.22 bits per heavy atom. The van der Waals surface area contributed by atoms with E-state index in [0.29, 0.717) is 17.1 Å². The molecule has 0 fully saturated rings. The first-order valence-electron chi connectivity index (χ1n) is 7.14. The molecule has 0 aliphatic rings. The van der Waals surface area contributed by atoms with E-state index in [1.807, 2.05) is 25.3 Å². The second-order valence-corrected chi connectivity index (χ2v) is 7.14. The lowest BCUT2D eigenvalue weighted by molar-refractivity contribution is 0.0956. The van der Waals surface area contributed by atoms with Crippen molar-refractivity contribution < 1.29 is 4.79 Å². The van der Waals surface area contributed by atoms with E-state index in [4.69, 9.17) is 5.73 Å². The minimum Gasteiger partial charge on any atom is -0.397 e. The molecule has 3 N–H and O–H groups in total. The lowest BCUT2D eigenvalue weighted by Gasteiger charge is -2.06. The summed E-state index contributed by atoms with van der Waals surface area (Å²) < 4.78 is 0.942. The number of fused-ring (bicyclic) bond motifs is 1. The molecule has 2 heterocycles. The number of carbonyl (C=O) groups excluding carboxylic acids is 1. The third-order valence-electron chi connectivity index (χ3n) is 3.62. The topological polar surface area (TPSA) is 68.0 Å². The number of thioether (sulfide) groups is 1. The summed E-state index contributed by atoms with van der Waals surface area (Å²) in [5.41, 5.74) is 8.78. The Kier molecular flexibility index (Phi) is 4.54. The molecule has 0 spiro atoms. The maximum atomic E-state index is 12.5. The fourth-order valence-corrected chi connectivity index (χ4v) is 4.02. The number of aromatic nitrogens is 1. The lowest BCUT2D eigenvalue weighted by atomic mass is 10.1. The van der Waals surface area contributed by atoms with Gasteiger partial charge in [0.25, 0.3) is 5.91 Å². The van der Waals surface area contributed by atoms with Crippen LogP contribution in [-0.4, -0.2) is 17.1 Å². The maximum Gasteiger partial charge on any atom is 0.263 e. The average molecular weight is 343 g/mol. The van der Waals surface area contributed by atoms with E-state index in [0.717, 1.165) is 21.2 Å².